The summed E-state index contributed by atoms with van der Waals surface area (Å²) in [5.74, 6) is 0. The van der Waals surface area contributed by atoms with E-state index in [4.69, 9.17) is 24.7 Å². The molecule has 2 atom stereocenters. The summed E-state index contributed by atoms with van der Waals surface area (Å²) < 4.78 is 37.0. The van der Waals surface area contributed by atoms with Gasteiger partial charge in [0.05, 0.1) is 0 Å². The minimum absolute atomic E-state index is 1.05. The fourth-order valence-corrected chi connectivity index (χ4v) is 23.5. The van der Waals surface area contributed by atoms with Crippen molar-refractivity contribution in [2.75, 3.05) is 0 Å². The quantitative estimate of drug-likeness (QED) is 0.591. The topological polar surface area (TPSA) is 55.4 Å². The second-order valence-corrected chi connectivity index (χ2v) is 23.1. The molecule has 136 valence electrons. The lowest BCUT2D eigenvalue weighted by atomic mass is 10.4. The number of benzene rings is 1. The Hall–Kier alpha value is 0.281. The zero-order valence-electron chi connectivity index (χ0n) is 15.3. The van der Waals surface area contributed by atoms with E-state index in [0.29, 0.717) is 0 Å². The summed E-state index contributed by atoms with van der Waals surface area (Å²) in [5.41, 5.74) is 0. The van der Waals surface area contributed by atoms with Crippen molar-refractivity contribution >= 4 is 60.2 Å². The SMILES string of the molecule is C[SiH]1O[SiH2]O[SiH2]O[Si](C)(c2ccccc2)O[Si](C)(C)O[Si](C)(C)O1. The Morgan fingerprint density at radius 1 is 0.875 bits per heavy atom. The van der Waals surface area contributed by atoms with Gasteiger partial charge < -0.3 is 24.7 Å². The van der Waals surface area contributed by atoms with E-state index in [0.717, 1.165) is 5.19 Å². The molecule has 1 fully saturated rings. The predicted octanol–water partition coefficient (Wildman–Crippen LogP) is 0.330. The molecule has 0 radical (unpaired) electrons. The van der Waals surface area contributed by atoms with E-state index < -0.39 is 55.0 Å². The van der Waals surface area contributed by atoms with Crippen LogP contribution in [-0.2, 0) is 24.7 Å². The molecule has 12 heteroatoms. The van der Waals surface area contributed by atoms with Gasteiger partial charge in [0.1, 0.15) is 0 Å². The highest BCUT2D eigenvalue weighted by Gasteiger charge is 2.45. The molecule has 6 nitrogen and oxygen atoms in total. The Labute approximate surface area is 154 Å². The van der Waals surface area contributed by atoms with E-state index in [1.54, 1.807) is 0 Å². The minimum atomic E-state index is -2.59. The number of hydrogen-bond acceptors (Lipinski definition) is 6. The highest BCUT2D eigenvalue weighted by Crippen LogP contribution is 2.23. The van der Waals surface area contributed by atoms with E-state index in [9.17, 15) is 0 Å². The molecule has 0 bridgehead atoms. The molecule has 2 rings (SSSR count). The third kappa shape index (κ3) is 6.22. The van der Waals surface area contributed by atoms with Crippen LogP contribution in [-0.4, -0.2) is 55.0 Å². The summed E-state index contributed by atoms with van der Waals surface area (Å²) in [7, 11) is -11.2. The fraction of sp³-hybridized carbons (Fsp3) is 0.500. The van der Waals surface area contributed by atoms with Crippen molar-refractivity contribution in [3.8, 4) is 0 Å². The molecule has 1 saturated heterocycles. The van der Waals surface area contributed by atoms with Crippen LogP contribution in [0.5, 0.6) is 0 Å². The molecule has 0 aliphatic carbocycles. The third-order valence-electron chi connectivity index (χ3n) is 3.48. The monoisotopic (exact) mass is 436 g/mol. The van der Waals surface area contributed by atoms with E-state index in [-0.39, 0.29) is 0 Å². The van der Waals surface area contributed by atoms with Gasteiger partial charge in [0.15, 0.2) is 0 Å². The molecule has 1 aliphatic rings. The van der Waals surface area contributed by atoms with Crippen LogP contribution in [0.15, 0.2) is 30.3 Å². The maximum atomic E-state index is 6.59. The maximum absolute atomic E-state index is 6.59. The van der Waals surface area contributed by atoms with Gasteiger partial charge in [-0.2, -0.15) is 0 Å². The molecular formula is C12H28O6Si6. The molecule has 1 aromatic rings. The molecule has 0 N–H and O–H groups in total. The van der Waals surface area contributed by atoms with E-state index in [2.05, 4.69) is 44.9 Å². The van der Waals surface area contributed by atoms with Crippen LogP contribution in [0.3, 0.4) is 0 Å². The van der Waals surface area contributed by atoms with Crippen molar-refractivity contribution in [2.45, 2.75) is 39.3 Å². The third-order valence-corrected chi connectivity index (χ3v) is 22.4. The Morgan fingerprint density at radius 3 is 2.21 bits per heavy atom. The highest BCUT2D eigenvalue weighted by molar-refractivity contribution is 6.92. The highest BCUT2D eigenvalue weighted by atomic mass is 28.5. The van der Waals surface area contributed by atoms with Crippen LogP contribution in [0, 0.1) is 0 Å². The van der Waals surface area contributed by atoms with Crippen molar-refractivity contribution in [2.24, 2.45) is 0 Å². The molecule has 0 aromatic heterocycles. The molecule has 0 spiro atoms. The number of hydrogen-bond donors (Lipinski definition) is 0. The van der Waals surface area contributed by atoms with Gasteiger partial charge in [-0.05, 0) is 44.5 Å². The molecule has 0 saturated carbocycles. The second-order valence-electron chi connectivity index (χ2n) is 6.75. The normalized spacial score (nSPS) is 33.7. The fourth-order valence-electron chi connectivity index (χ4n) is 2.78. The molecule has 1 heterocycles. The van der Waals surface area contributed by atoms with Gasteiger partial charge in [-0.15, -0.1) is 0 Å². The average molecular weight is 437 g/mol. The van der Waals surface area contributed by atoms with Gasteiger partial charge in [0.25, 0.3) is 29.3 Å². The van der Waals surface area contributed by atoms with Crippen LogP contribution >= 0.6 is 0 Å². The molecule has 0 amide bonds. The predicted molar refractivity (Wildman–Crippen MR) is 109 cm³/mol. The van der Waals surface area contributed by atoms with Crippen LogP contribution < -0.4 is 5.19 Å². The van der Waals surface area contributed by atoms with Crippen molar-refractivity contribution in [1.82, 2.24) is 0 Å². The molecule has 24 heavy (non-hydrogen) atoms. The largest absolute Gasteiger partial charge is 0.425 e. The molecular weight excluding hydrogens is 409 g/mol. The van der Waals surface area contributed by atoms with Crippen molar-refractivity contribution < 1.29 is 24.7 Å². The van der Waals surface area contributed by atoms with Gasteiger partial charge in [0.2, 0.25) is 0 Å². The maximum Gasteiger partial charge on any atom is 0.351 e. The van der Waals surface area contributed by atoms with Gasteiger partial charge in [-0.25, -0.2) is 0 Å². The lowest BCUT2D eigenvalue weighted by Crippen LogP contribution is -2.62. The van der Waals surface area contributed by atoms with E-state index in [1.165, 1.54) is 0 Å². The molecule has 2 unspecified atom stereocenters. The molecule has 1 aliphatic heterocycles. The smallest absolute Gasteiger partial charge is 0.351 e. The summed E-state index contributed by atoms with van der Waals surface area (Å²) in [4.78, 5) is 0. The van der Waals surface area contributed by atoms with Crippen molar-refractivity contribution in [3.05, 3.63) is 30.3 Å². The van der Waals surface area contributed by atoms with Crippen molar-refractivity contribution in [3.63, 3.8) is 0 Å². The van der Waals surface area contributed by atoms with Gasteiger partial charge in [-0.3, -0.25) is 0 Å². The first-order chi connectivity index (χ1) is 11.1. The van der Waals surface area contributed by atoms with E-state index in [1.807, 2.05) is 24.7 Å². The summed E-state index contributed by atoms with van der Waals surface area (Å²) in [6.45, 7) is 12.4. The van der Waals surface area contributed by atoms with Crippen LogP contribution in [0.2, 0.25) is 39.3 Å². The van der Waals surface area contributed by atoms with Gasteiger partial charge in [-0.1, -0.05) is 30.3 Å². The van der Waals surface area contributed by atoms with Crippen LogP contribution in [0.25, 0.3) is 0 Å². The number of rotatable bonds is 1. The lowest BCUT2D eigenvalue weighted by Gasteiger charge is -2.40. The lowest BCUT2D eigenvalue weighted by molar-refractivity contribution is 0.277. The minimum Gasteiger partial charge on any atom is -0.425 e. The van der Waals surface area contributed by atoms with Crippen molar-refractivity contribution in [1.29, 1.82) is 0 Å². The second kappa shape index (κ2) is 8.32. The standard InChI is InChI=1S/C12H28O6Si6/c1-21-14-19-13-20-15-24(6,12-10-8-7-9-11-12)18-23(4,5)17-22(2,3)16-21/h7-11,21H,19-20H2,1-6H3. The Bertz CT molecular complexity index is 532. The van der Waals surface area contributed by atoms with Crippen LogP contribution in [0.4, 0.5) is 0 Å². The summed E-state index contributed by atoms with van der Waals surface area (Å²) in [5, 5.41) is 1.10. The average Bonchev–Trinajstić information content (AvgIpc) is 2.44. The first kappa shape index (κ1) is 20.6. The first-order valence-corrected chi connectivity index (χ1v) is 20.4. The summed E-state index contributed by atoms with van der Waals surface area (Å²) >= 11 is 0. The Balaban J connectivity index is 2.27. The Morgan fingerprint density at radius 2 is 1.54 bits per heavy atom. The van der Waals surface area contributed by atoms with E-state index >= 15 is 0 Å². The molecule has 1 aromatic carbocycles. The zero-order valence-corrected chi connectivity index (χ0v) is 22.3. The van der Waals surface area contributed by atoms with Crippen LogP contribution in [0.1, 0.15) is 0 Å². The zero-order chi connectivity index (χ0) is 17.8. The van der Waals surface area contributed by atoms with Gasteiger partial charge >= 0.3 is 25.7 Å². The first-order valence-electron chi connectivity index (χ1n) is 8.09. The van der Waals surface area contributed by atoms with Gasteiger partial charge in [0, 0.05) is 0 Å². The summed E-state index contributed by atoms with van der Waals surface area (Å²) in [6, 6.07) is 10.2. The Kier molecular flexibility index (Phi) is 7.13. The summed E-state index contributed by atoms with van der Waals surface area (Å²) in [6.07, 6.45) is 0.